The van der Waals surface area contributed by atoms with Crippen molar-refractivity contribution in [3.8, 4) is 0 Å². The number of primary amides is 1. The van der Waals surface area contributed by atoms with Crippen LogP contribution in [0, 0.1) is 0 Å². The highest BCUT2D eigenvalue weighted by Crippen LogP contribution is 2.23. The van der Waals surface area contributed by atoms with Crippen molar-refractivity contribution in [3.05, 3.63) is 12.4 Å². The summed E-state index contributed by atoms with van der Waals surface area (Å²) in [5.74, 6) is -2.10. The highest BCUT2D eigenvalue weighted by atomic mass is 16.7. The maximum atomic E-state index is 10.9. The Labute approximate surface area is 142 Å². The molecule has 0 aromatic carbocycles. The SMILES string of the molecule is CC.CC(C)(O)O.NC(=O)C1=NC=CN(C2CCC(CO)O2)OC1. The third-order valence-corrected chi connectivity index (χ3v) is 2.65. The van der Waals surface area contributed by atoms with Crippen LogP contribution in [0.1, 0.15) is 40.5 Å². The topological polar surface area (TPSA) is 138 Å². The predicted octanol–water partition coefficient (Wildman–Crippen LogP) is -0.138. The molecule has 0 aromatic heterocycles. The Morgan fingerprint density at radius 1 is 1.42 bits per heavy atom. The minimum absolute atomic E-state index is 0.00289. The molecular formula is C15H29N3O6. The first kappa shape index (κ1) is 22.5. The lowest BCUT2D eigenvalue weighted by Gasteiger charge is -2.24. The number of ether oxygens (including phenoxy) is 1. The molecule has 24 heavy (non-hydrogen) atoms. The van der Waals surface area contributed by atoms with Crippen LogP contribution in [-0.4, -0.2) is 63.3 Å². The molecule has 140 valence electrons. The van der Waals surface area contributed by atoms with Crippen molar-refractivity contribution >= 4 is 11.6 Å². The van der Waals surface area contributed by atoms with E-state index in [1.165, 1.54) is 25.1 Å². The van der Waals surface area contributed by atoms with E-state index in [9.17, 15) is 4.79 Å². The van der Waals surface area contributed by atoms with Gasteiger partial charge in [-0.2, -0.15) is 0 Å². The van der Waals surface area contributed by atoms with Gasteiger partial charge in [0.05, 0.1) is 12.7 Å². The van der Waals surface area contributed by atoms with E-state index in [2.05, 4.69) is 4.99 Å². The third-order valence-electron chi connectivity index (χ3n) is 2.65. The summed E-state index contributed by atoms with van der Waals surface area (Å²) in [6, 6.07) is 0. The van der Waals surface area contributed by atoms with Crippen LogP contribution in [0.5, 0.6) is 0 Å². The minimum Gasteiger partial charge on any atom is -0.394 e. The number of nitrogens with zero attached hydrogens (tertiary/aromatic N) is 2. The molecule has 0 radical (unpaired) electrons. The van der Waals surface area contributed by atoms with Gasteiger partial charge in [-0.25, -0.2) is 5.06 Å². The largest absolute Gasteiger partial charge is 0.394 e. The third kappa shape index (κ3) is 9.58. The summed E-state index contributed by atoms with van der Waals surface area (Å²) >= 11 is 0. The molecule has 0 aliphatic carbocycles. The van der Waals surface area contributed by atoms with Crippen LogP contribution in [-0.2, 0) is 14.4 Å². The molecule has 5 N–H and O–H groups in total. The van der Waals surface area contributed by atoms with Crippen molar-refractivity contribution in [3.63, 3.8) is 0 Å². The fraction of sp³-hybridized carbons (Fsp3) is 0.733. The quantitative estimate of drug-likeness (QED) is 0.521. The van der Waals surface area contributed by atoms with Crippen LogP contribution in [0.4, 0.5) is 0 Å². The molecule has 1 fully saturated rings. The van der Waals surface area contributed by atoms with Crippen LogP contribution < -0.4 is 5.73 Å². The number of hydrogen-bond donors (Lipinski definition) is 4. The molecule has 2 heterocycles. The van der Waals surface area contributed by atoms with Gasteiger partial charge >= 0.3 is 0 Å². The van der Waals surface area contributed by atoms with Gasteiger partial charge in [0, 0.05) is 12.4 Å². The molecule has 2 aliphatic heterocycles. The molecule has 1 saturated heterocycles. The first-order valence-electron chi connectivity index (χ1n) is 7.86. The highest BCUT2D eigenvalue weighted by Gasteiger charge is 2.29. The van der Waals surface area contributed by atoms with Gasteiger partial charge in [-0.3, -0.25) is 14.6 Å². The van der Waals surface area contributed by atoms with Crippen molar-refractivity contribution in [2.45, 2.75) is 58.7 Å². The number of hydrogen-bond acceptors (Lipinski definition) is 8. The van der Waals surface area contributed by atoms with E-state index in [0.29, 0.717) is 0 Å². The lowest BCUT2D eigenvalue weighted by molar-refractivity contribution is -0.209. The molecule has 0 spiro atoms. The number of amides is 1. The first-order chi connectivity index (χ1) is 11.2. The van der Waals surface area contributed by atoms with E-state index < -0.39 is 11.7 Å². The first-order valence-corrected chi connectivity index (χ1v) is 7.86. The Morgan fingerprint density at radius 2 is 2.00 bits per heavy atom. The fourth-order valence-electron chi connectivity index (χ4n) is 1.73. The van der Waals surface area contributed by atoms with Crippen molar-refractivity contribution in [2.75, 3.05) is 13.2 Å². The van der Waals surface area contributed by atoms with Crippen molar-refractivity contribution in [2.24, 2.45) is 10.7 Å². The van der Waals surface area contributed by atoms with E-state index in [4.69, 9.17) is 30.6 Å². The lowest BCUT2D eigenvalue weighted by Crippen LogP contribution is -2.35. The summed E-state index contributed by atoms with van der Waals surface area (Å²) in [6.07, 6.45) is 4.14. The molecule has 0 bridgehead atoms. The lowest BCUT2D eigenvalue weighted by atomic mass is 10.2. The Balaban J connectivity index is 0.000000650. The van der Waals surface area contributed by atoms with Gasteiger partial charge in [-0.1, -0.05) is 13.8 Å². The van der Waals surface area contributed by atoms with Crippen molar-refractivity contribution < 1.29 is 29.7 Å². The number of aliphatic hydroxyl groups is 3. The van der Waals surface area contributed by atoms with Crippen LogP contribution in [0.25, 0.3) is 0 Å². The predicted molar refractivity (Wildman–Crippen MR) is 88.4 cm³/mol. The van der Waals surface area contributed by atoms with Crippen LogP contribution >= 0.6 is 0 Å². The standard InChI is InChI=1S/C10H15N3O4.C3H8O2.C2H6/c11-10(15)8-6-16-13(4-3-12-8)9-2-1-7(5-14)17-9;1-3(2,4)5;1-2/h3-4,7,9,14H,1-2,5-6H2,(H2,11,15);4-5H,1-2H3;1-2H3. The second-order valence-electron chi connectivity index (χ2n) is 5.34. The smallest absolute Gasteiger partial charge is 0.265 e. The molecule has 0 aromatic rings. The number of nitrogens with two attached hydrogens (primary N) is 1. The normalized spacial score (nSPS) is 23.3. The van der Waals surface area contributed by atoms with Gasteiger partial charge in [0.1, 0.15) is 12.3 Å². The van der Waals surface area contributed by atoms with Crippen LogP contribution in [0.2, 0.25) is 0 Å². The summed E-state index contributed by atoms with van der Waals surface area (Å²) in [4.78, 5) is 20.2. The number of aliphatic hydroxyl groups excluding tert-OH is 1. The second-order valence-corrected chi connectivity index (χ2v) is 5.34. The summed E-state index contributed by atoms with van der Waals surface area (Å²) in [7, 11) is 0. The van der Waals surface area contributed by atoms with Gasteiger partial charge in [-0.05, 0) is 26.7 Å². The average molecular weight is 347 g/mol. The summed E-state index contributed by atoms with van der Waals surface area (Å²) < 4.78 is 5.53. The van der Waals surface area contributed by atoms with Gasteiger partial charge in [0.2, 0.25) is 0 Å². The minimum atomic E-state index is -1.50. The van der Waals surface area contributed by atoms with E-state index >= 15 is 0 Å². The van der Waals surface area contributed by atoms with E-state index in [-0.39, 0.29) is 31.3 Å². The maximum absolute atomic E-state index is 10.9. The number of rotatable bonds is 3. The fourth-order valence-corrected chi connectivity index (χ4v) is 1.73. The Hall–Kier alpha value is -1.52. The summed E-state index contributed by atoms with van der Waals surface area (Å²) in [5.41, 5.74) is 5.28. The monoisotopic (exact) mass is 347 g/mol. The Bertz CT molecular complexity index is 427. The molecule has 2 unspecified atom stereocenters. The zero-order chi connectivity index (χ0) is 18.8. The number of carbonyl (C=O) groups is 1. The number of aliphatic imine (C=N–C) groups is 1. The Morgan fingerprint density at radius 3 is 2.46 bits per heavy atom. The average Bonchev–Trinajstić information content (AvgIpc) is 2.84. The summed E-state index contributed by atoms with van der Waals surface area (Å²) in [5, 5.41) is 26.6. The zero-order valence-corrected chi connectivity index (χ0v) is 14.7. The molecule has 2 aliphatic rings. The second kappa shape index (κ2) is 11.1. The number of hydroxylamine groups is 2. The van der Waals surface area contributed by atoms with Gasteiger partial charge in [-0.15, -0.1) is 0 Å². The van der Waals surface area contributed by atoms with Crippen molar-refractivity contribution in [1.82, 2.24) is 5.06 Å². The molecule has 9 heteroatoms. The van der Waals surface area contributed by atoms with Crippen molar-refractivity contribution in [1.29, 1.82) is 0 Å². The van der Waals surface area contributed by atoms with E-state index in [1.54, 1.807) is 6.20 Å². The molecule has 1 amide bonds. The molecule has 9 nitrogen and oxygen atoms in total. The van der Waals surface area contributed by atoms with E-state index in [0.717, 1.165) is 12.8 Å². The van der Waals surface area contributed by atoms with E-state index in [1.807, 2.05) is 13.8 Å². The molecule has 2 atom stereocenters. The summed E-state index contributed by atoms with van der Waals surface area (Å²) in [6.45, 7) is 6.61. The molecular weight excluding hydrogens is 318 g/mol. The highest BCUT2D eigenvalue weighted by molar-refractivity contribution is 6.39. The number of carbonyl (C=O) groups excluding carboxylic acids is 1. The molecule has 2 rings (SSSR count). The zero-order valence-electron chi connectivity index (χ0n) is 14.7. The maximum Gasteiger partial charge on any atom is 0.265 e. The molecule has 0 saturated carbocycles. The van der Waals surface area contributed by atoms with Crippen LogP contribution in [0.3, 0.4) is 0 Å². The van der Waals surface area contributed by atoms with Crippen LogP contribution in [0.15, 0.2) is 17.4 Å². The van der Waals surface area contributed by atoms with Gasteiger partial charge < -0.3 is 25.8 Å². The van der Waals surface area contributed by atoms with Gasteiger partial charge in [0.15, 0.2) is 12.0 Å². The Kier molecular flexibility index (Phi) is 10.4. The van der Waals surface area contributed by atoms with Gasteiger partial charge in [0.25, 0.3) is 5.91 Å².